The predicted molar refractivity (Wildman–Crippen MR) is 47.2 cm³/mol. The smallest absolute Gasteiger partial charge is 0.123 e. The van der Waals surface area contributed by atoms with Crippen LogP contribution in [0.4, 0.5) is 4.39 Å². The Morgan fingerprint density at radius 3 is 2.92 bits per heavy atom. The Labute approximate surface area is 71.6 Å². The van der Waals surface area contributed by atoms with Crippen molar-refractivity contribution >= 4 is 0 Å². The second-order valence-electron chi connectivity index (χ2n) is 2.58. The lowest BCUT2D eigenvalue weighted by molar-refractivity contribution is 0.623. The molecule has 2 nitrogen and oxygen atoms in total. The Balaban J connectivity index is 2.41. The van der Waals surface area contributed by atoms with E-state index in [1.807, 2.05) is 6.07 Å². The normalized spacial score (nSPS) is 10.2. The van der Waals surface area contributed by atoms with Crippen LogP contribution in [0, 0.1) is 5.82 Å². The van der Waals surface area contributed by atoms with Gasteiger partial charge in [0.2, 0.25) is 0 Å². The lowest BCUT2D eigenvalue weighted by Gasteiger charge is -2.01. The molecular formula is C9H13FN2. The van der Waals surface area contributed by atoms with Gasteiger partial charge in [0.05, 0.1) is 0 Å². The van der Waals surface area contributed by atoms with Crippen LogP contribution in [0.15, 0.2) is 24.3 Å². The SMILES string of the molecule is NCNCCc1cccc(F)c1. The average Bonchev–Trinajstić information content (AvgIpc) is 2.05. The molecule has 0 amide bonds. The number of benzene rings is 1. The van der Waals surface area contributed by atoms with Crippen LogP contribution in [-0.4, -0.2) is 13.2 Å². The molecule has 1 rings (SSSR count). The Kier molecular flexibility index (Phi) is 3.70. The maximum absolute atomic E-state index is 12.6. The fourth-order valence-corrected chi connectivity index (χ4v) is 1.03. The van der Waals surface area contributed by atoms with Gasteiger partial charge < -0.3 is 11.1 Å². The summed E-state index contributed by atoms with van der Waals surface area (Å²) in [5, 5.41) is 2.97. The van der Waals surface area contributed by atoms with Crippen molar-refractivity contribution in [2.24, 2.45) is 5.73 Å². The van der Waals surface area contributed by atoms with Gasteiger partial charge in [-0.2, -0.15) is 0 Å². The first-order valence-electron chi connectivity index (χ1n) is 3.98. The number of rotatable bonds is 4. The molecule has 0 radical (unpaired) electrons. The van der Waals surface area contributed by atoms with Crippen molar-refractivity contribution in [2.45, 2.75) is 6.42 Å². The molecule has 1 aromatic carbocycles. The van der Waals surface area contributed by atoms with Crippen LogP contribution in [0.1, 0.15) is 5.56 Å². The lowest BCUT2D eigenvalue weighted by Crippen LogP contribution is -2.24. The second-order valence-corrected chi connectivity index (χ2v) is 2.58. The molecule has 66 valence electrons. The van der Waals surface area contributed by atoms with Gasteiger partial charge >= 0.3 is 0 Å². The summed E-state index contributed by atoms with van der Waals surface area (Å²) in [4.78, 5) is 0. The Morgan fingerprint density at radius 1 is 1.42 bits per heavy atom. The van der Waals surface area contributed by atoms with Crippen molar-refractivity contribution in [1.82, 2.24) is 5.32 Å². The van der Waals surface area contributed by atoms with Crippen LogP contribution in [0.25, 0.3) is 0 Å². The third-order valence-electron chi connectivity index (χ3n) is 1.62. The topological polar surface area (TPSA) is 38.0 Å². The van der Waals surface area contributed by atoms with Gasteiger partial charge in [0.25, 0.3) is 0 Å². The number of nitrogens with two attached hydrogens (primary N) is 1. The van der Waals surface area contributed by atoms with Crippen LogP contribution in [0.2, 0.25) is 0 Å². The molecule has 3 heteroatoms. The molecule has 0 aromatic heterocycles. The molecule has 0 unspecified atom stereocenters. The highest BCUT2D eigenvalue weighted by Crippen LogP contribution is 2.03. The van der Waals surface area contributed by atoms with Gasteiger partial charge in [0, 0.05) is 13.2 Å². The predicted octanol–water partition coefficient (Wildman–Crippen LogP) is 0.874. The second kappa shape index (κ2) is 4.85. The zero-order valence-electron chi connectivity index (χ0n) is 6.89. The molecule has 12 heavy (non-hydrogen) atoms. The molecule has 0 aliphatic rings. The standard InChI is InChI=1S/C9H13FN2/c10-9-3-1-2-8(6-9)4-5-12-7-11/h1-3,6,12H,4-5,7,11H2. The molecule has 0 atom stereocenters. The molecule has 0 saturated heterocycles. The van der Waals surface area contributed by atoms with E-state index in [0.29, 0.717) is 6.67 Å². The fourth-order valence-electron chi connectivity index (χ4n) is 1.03. The van der Waals surface area contributed by atoms with E-state index in [9.17, 15) is 4.39 Å². The quantitative estimate of drug-likeness (QED) is 0.517. The van der Waals surface area contributed by atoms with Gasteiger partial charge in [-0.05, 0) is 24.1 Å². The summed E-state index contributed by atoms with van der Waals surface area (Å²) in [6, 6.07) is 6.60. The summed E-state index contributed by atoms with van der Waals surface area (Å²) in [5.74, 6) is -0.180. The maximum atomic E-state index is 12.6. The van der Waals surface area contributed by atoms with Crippen molar-refractivity contribution in [3.8, 4) is 0 Å². The van der Waals surface area contributed by atoms with Crippen LogP contribution in [-0.2, 0) is 6.42 Å². The van der Waals surface area contributed by atoms with Crippen molar-refractivity contribution in [3.63, 3.8) is 0 Å². The van der Waals surface area contributed by atoms with E-state index >= 15 is 0 Å². The van der Waals surface area contributed by atoms with E-state index in [2.05, 4.69) is 5.32 Å². The lowest BCUT2D eigenvalue weighted by atomic mass is 10.1. The molecule has 0 aliphatic carbocycles. The monoisotopic (exact) mass is 168 g/mol. The van der Waals surface area contributed by atoms with Crippen LogP contribution in [0.5, 0.6) is 0 Å². The number of nitrogens with one attached hydrogen (secondary N) is 1. The molecule has 1 aromatic rings. The summed E-state index contributed by atoms with van der Waals surface area (Å²) >= 11 is 0. The Bertz CT molecular complexity index is 238. The number of halogens is 1. The van der Waals surface area contributed by atoms with Crippen molar-refractivity contribution < 1.29 is 4.39 Å². The van der Waals surface area contributed by atoms with Crippen LogP contribution >= 0.6 is 0 Å². The van der Waals surface area contributed by atoms with E-state index in [0.717, 1.165) is 18.5 Å². The third kappa shape index (κ3) is 2.98. The molecule has 0 fully saturated rings. The minimum Gasteiger partial charge on any atom is -0.318 e. The van der Waals surface area contributed by atoms with Gasteiger partial charge in [-0.1, -0.05) is 12.1 Å². The summed E-state index contributed by atoms with van der Waals surface area (Å²) in [6.45, 7) is 1.26. The van der Waals surface area contributed by atoms with E-state index in [1.165, 1.54) is 12.1 Å². The Morgan fingerprint density at radius 2 is 2.25 bits per heavy atom. The fraction of sp³-hybridized carbons (Fsp3) is 0.333. The molecular weight excluding hydrogens is 155 g/mol. The summed E-state index contributed by atoms with van der Waals surface area (Å²) in [5.41, 5.74) is 6.23. The molecule has 0 aliphatic heterocycles. The highest BCUT2D eigenvalue weighted by molar-refractivity contribution is 5.16. The van der Waals surface area contributed by atoms with Crippen molar-refractivity contribution in [1.29, 1.82) is 0 Å². The first kappa shape index (κ1) is 9.16. The summed E-state index contributed by atoms with van der Waals surface area (Å²) < 4.78 is 12.6. The van der Waals surface area contributed by atoms with Gasteiger partial charge in [0.1, 0.15) is 5.82 Å². The van der Waals surface area contributed by atoms with Crippen molar-refractivity contribution in [2.75, 3.05) is 13.2 Å². The van der Waals surface area contributed by atoms with Gasteiger partial charge in [-0.3, -0.25) is 0 Å². The first-order valence-corrected chi connectivity index (χ1v) is 3.98. The van der Waals surface area contributed by atoms with Crippen LogP contribution < -0.4 is 11.1 Å². The maximum Gasteiger partial charge on any atom is 0.123 e. The largest absolute Gasteiger partial charge is 0.318 e. The zero-order valence-corrected chi connectivity index (χ0v) is 6.89. The van der Waals surface area contributed by atoms with Gasteiger partial charge in [0.15, 0.2) is 0 Å². The van der Waals surface area contributed by atoms with Gasteiger partial charge in [-0.15, -0.1) is 0 Å². The third-order valence-corrected chi connectivity index (χ3v) is 1.62. The Hall–Kier alpha value is -0.930. The van der Waals surface area contributed by atoms with E-state index in [-0.39, 0.29) is 5.82 Å². The zero-order chi connectivity index (χ0) is 8.81. The molecule has 0 heterocycles. The molecule has 0 saturated carbocycles. The minimum absolute atomic E-state index is 0.180. The summed E-state index contributed by atoms with van der Waals surface area (Å²) in [6.07, 6.45) is 0.814. The van der Waals surface area contributed by atoms with Crippen LogP contribution in [0.3, 0.4) is 0 Å². The minimum atomic E-state index is -0.180. The summed E-state index contributed by atoms with van der Waals surface area (Å²) in [7, 11) is 0. The molecule has 0 spiro atoms. The van der Waals surface area contributed by atoms with E-state index < -0.39 is 0 Å². The first-order chi connectivity index (χ1) is 5.83. The van der Waals surface area contributed by atoms with E-state index in [4.69, 9.17) is 5.73 Å². The number of hydrogen-bond acceptors (Lipinski definition) is 2. The molecule has 3 N–H and O–H groups in total. The van der Waals surface area contributed by atoms with Crippen molar-refractivity contribution in [3.05, 3.63) is 35.6 Å². The molecule has 0 bridgehead atoms. The van der Waals surface area contributed by atoms with E-state index in [1.54, 1.807) is 6.07 Å². The average molecular weight is 168 g/mol. The van der Waals surface area contributed by atoms with Gasteiger partial charge in [-0.25, -0.2) is 4.39 Å². The highest BCUT2D eigenvalue weighted by Gasteiger charge is 1.93. The highest BCUT2D eigenvalue weighted by atomic mass is 19.1. The number of hydrogen-bond donors (Lipinski definition) is 2.